The van der Waals surface area contributed by atoms with Gasteiger partial charge < -0.3 is 5.32 Å². The van der Waals surface area contributed by atoms with Crippen molar-refractivity contribution in [2.45, 2.75) is 6.54 Å². The molecule has 4 heteroatoms. The first-order valence-electron chi connectivity index (χ1n) is 5.08. The zero-order chi connectivity index (χ0) is 12.3. The lowest BCUT2D eigenvalue weighted by Gasteiger charge is -2.07. The topological polar surface area (TPSA) is 12.0 Å². The molecule has 2 rings (SSSR count). The second kappa shape index (κ2) is 5.44. The van der Waals surface area contributed by atoms with Crippen molar-refractivity contribution in [1.82, 2.24) is 0 Å². The Morgan fingerprint density at radius 1 is 0.941 bits per heavy atom. The molecule has 0 saturated heterocycles. The van der Waals surface area contributed by atoms with Crippen LogP contribution >= 0.6 is 22.6 Å². The van der Waals surface area contributed by atoms with Gasteiger partial charge in [0.25, 0.3) is 0 Å². The highest BCUT2D eigenvalue weighted by molar-refractivity contribution is 14.1. The summed E-state index contributed by atoms with van der Waals surface area (Å²) in [5, 5.41) is 2.98. The number of hydrogen-bond donors (Lipinski definition) is 1. The van der Waals surface area contributed by atoms with Gasteiger partial charge in [-0.3, -0.25) is 0 Å². The van der Waals surface area contributed by atoms with Crippen LogP contribution in [0.1, 0.15) is 5.56 Å². The number of rotatable bonds is 3. The summed E-state index contributed by atoms with van der Waals surface area (Å²) >= 11 is 2.23. The number of hydrogen-bond acceptors (Lipinski definition) is 1. The maximum Gasteiger partial charge on any atom is 0.128 e. The molecule has 0 aromatic heterocycles. The van der Waals surface area contributed by atoms with Crippen molar-refractivity contribution in [3.05, 3.63) is 63.2 Å². The Morgan fingerprint density at radius 2 is 1.53 bits per heavy atom. The number of nitrogens with one attached hydrogen (secondary N) is 1. The minimum absolute atomic E-state index is 0.445. The zero-order valence-corrected chi connectivity index (χ0v) is 11.0. The largest absolute Gasteiger partial charge is 0.381 e. The Hall–Kier alpha value is -1.17. The van der Waals surface area contributed by atoms with Crippen LogP contribution in [-0.4, -0.2) is 0 Å². The molecule has 88 valence electrons. The van der Waals surface area contributed by atoms with Crippen molar-refractivity contribution < 1.29 is 8.78 Å². The van der Waals surface area contributed by atoms with Crippen LogP contribution in [0.2, 0.25) is 0 Å². The molecule has 0 atom stereocenters. The van der Waals surface area contributed by atoms with Crippen LogP contribution in [0.25, 0.3) is 0 Å². The molecule has 2 aromatic rings. The summed E-state index contributed by atoms with van der Waals surface area (Å²) in [7, 11) is 0. The number of benzene rings is 2. The van der Waals surface area contributed by atoms with E-state index in [0.29, 0.717) is 12.2 Å². The van der Waals surface area contributed by atoms with Gasteiger partial charge in [0.05, 0.1) is 0 Å². The molecule has 0 saturated carbocycles. The van der Waals surface area contributed by atoms with Crippen LogP contribution in [0.3, 0.4) is 0 Å². The van der Waals surface area contributed by atoms with Crippen LogP contribution < -0.4 is 5.32 Å². The average molecular weight is 345 g/mol. The van der Waals surface area contributed by atoms with E-state index in [0.717, 1.165) is 15.2 Å². The molecule has 0 aliphatic carbocycles. The molecular weight excluding hydrogens is 335 g/mol. The molecule has 0 aliphatic heterocycles. The quantitative estimate of drug-likeness (QED) is 0.823. The molecule has 2 aromatic carbocycles. The highest BCUT2D eigenvalue weighted by Gasteiger charge is 2.00. The monoisotopic (exact) mass is 345 g/mol. The van der Waals surface area contributed by atoms with Gasteiger partial charge in [0.15, 0.2) is 0 Å². The summed E-state index contributed by atoms with van der Waals surface area (Å²) in [6.07, 6.45) is 0. The molecule has 0 fully saturated rings. The fourth-order valence-corrected chi connectivity index (χ4v) is 1.82. The molecule has 0 amide bonds. The van der Waals surface area contributed by atoms with E-state index in [4.69, 9.17) is 0 Å². The molecule has 0 bridgehead atoms. The van der Waals surface area contributed by atoms with E-state index in [2.05, 4.69) is 27.9 Å². The van der Waals surface area contributed by atoms with E-state index in [1.54, 1.807) is 0 Å². The Morgan fingerprint density at radius 3 is 2.12 bits per heavy atom. The lowest BCUT2D eigenvalue weighted by molar-refractivity contribution is 0.584. The summed E-state index contributed by atoms with van der Waals surface area (Å²) < 4.78 is 27.0. The number of anilines is 1. The first kappa shape index (κ1) is 12.3. The molecule has 17 heavy (non-hydrogen) atoms. The molecule has 0 aliphatic rings. The molecule has 1 N–H and O–H groups in total. The number of halogens is 3. The fraction of sp³-hybridized carbons (Fsp3) is 0.0769. The third-order valence-electron chi connectivity index (χ3n) is 2.27. The van der Waals surface area contributed by atoms with E-state index < -0.39 is 11.6 Å². The van der Waals surface area contributed by atoms with Gasteiger partial charge >= 0.3 is 0 Å². The van der Waals surface area contributed by atoms with Crippen LogP contribution in [0.4, 0.5) is 14.5 Å². The van der Waals surface area contributed by atoms with E-state index in [1.165, 1.54) is 12.1 Å². The second-order valence-corrected chi connectivity index (χ2v) is 4.88. The second-order valence-electron chi connectivity index (χ2n) is 3.64. The molecule has 1 nitrogen and oxygen atoms in total. The van der Waals surface area contributed by atoms with Gasteiger partial charge in [-0.05, 0) is 52.4 Å². The van der Waals surface area contributed by atoms with Crippen molar-refractivity contribution in [3.63, 3.8) is 0 Å². The van der Waals surface area contributed by atoms with Gasteiger partial charge in [-0.2, -0.15) is 0 Å². The highest BCUT2D eigenvalue weighted by atomic mass is 127. The van der Waals surface area contributed by atoms with E-state index in [-0.39, 0.29) is 0 Å². The van der Waals surface area contributed by atoms with Gasteiger partial charge in [-0.15, -0.1) is 0 Å². The SMILES string of the molecule is Fc1cc(F)cc(NCc2ccc(I)cc2)c1. The maximum atomic E-state index is 12.9. The predicted molar refractivity (Wildman–Crippen MR) is 72.8 cm³/mol. The zero-order valence-electron chi connectivity index (χ0n) is 8.88. The van der Waals surface area contributed by atoms with Crippen LogP contribution in [0, 0.1) is 15.2 Å². The summed E-state index contributed by atoms with van der Waals surface area (Å²) in [5.41, 5.74) is 1.51. The average Bonchev–Trinajstić information content (AvgIpc) is 2.27. The van der Waals surface area contributed by atoms with Crippen molar-refractivity contribution in [2.75, 3.05) is 5.32 Å². The van der Waals surface area contributed by atoms with Crippen molar-refractivity contribution >= 4 is 28.3 Å². The van der Waals surface area contributed by atoms with E-state index in [9.17, 15) is 8.78 Å². The smallest absolute Gasteiger partial charge is 0.128 e. The van der Waals surface area contributed by atoms with Gasteiger partial charge in [0.1, 0.15) is 11.6 Å². The Balaban J connectivity index is 2.04. The van der Waals surface area contributed by atoms with Crippen molar-refractivity contribution in [1.29, 1.82) is 0 Å². The van der Waals surface area contributed by atoms with Crippen molar-refractivity contribution in [2.24, 2.45) is 0 Å². The molecular formula is C13H10F2IN. The Bertz CT molecular complexity index is 491. The lowest BCUT2D eigenvalue weighted by atomic mass is 10.2. The molecule has 0 heterocycles. The fourth-order valence-electron chi connectivity index (χ4n) is 1.46. The Kier molecular flexibility index (Phi) is 3.93. The van der Waals surface area contributed by atoms with Gasteiger partial charge in [0, 0.05) is 21.9 Å². The van der Waals surface area contributed by atoms with Gasteiger partial charge in [-0.1, -0.05) is 12.1 Å². The van der Waals surface area contributed by atoms with Gasteiger partial charge in [-0.25, -0.2) is 8.78 Å². The summed E-state index contributed by atoms with van der Waals surface area (Å²) in [5.74, 6) is -1.15. The lowest BCUT2D eigenvalue weighted by Crippen LogP contribution is -2.00. The molecule has 0 unspecified atom stereocenters. The molecule has 0 spiro atoms. The third-order valence-corrected chi connectivity index (χ3v) is 2.99. The highest BCUT2D eigenvalue weighted by Crippen LogP contribution is 2.14. The summed E-state index contributed by atoms with van der Waals surface area (Å²) in [6.45, 7) is 0.541. The first-order valence-corrected chi connectivity index (χ1v) is 6.16. The molecule has 0 radical (unpaired) electrons. The van der Waals surface area contributed by atoms with E-state index >= 15 is 0 Å². The van der Waals surface area contributed by atoms with Crippen LogP contribution in [-0.2, 0) is 6.54 Å². The van der Waals surface area contributed by atoms with Crippen molar-refractivity contribution in [3.8, 4) is 0 Å². The minimum Gasteiger partial charge on any atom is -0.381 e. The predicted octanol–water partition coefficient (Wildman–Crippen LogP) is 4.18. The normalized spacial score (nSPS) is 10.3. The Labute approximate surface area is 112 Å². The minimum atomic E-state index is -0.574. The van der Waals surface area contributed by atoms with E-state index in [1.807, 2.05) is 24.3 Å². The maximum absolute atomic E-state index is 12.9. The first-order chi connectivity index (χ1) is 8.13. The van der Waals surface area contributed by atoms with Gasteiger partial charge in [0.2, 0.25) is 0 Å². The summed E-state index contributed by atoms with van der Waals surface area (Å²) in [4.78, 5) is 0. The van der Waals surface area contributed by atoms with Crippen LogP contribution in [0.5, 0.6) is 0 Å². The third kappa shape index (κ3) is 3.66. The summed E-state index contributed by atoms with van der Waals surface area (Å²) in [6, 6.07) is 11.3. The van der Waals surface area contributed by atoms with Crippen LogP contribution in [0.15, 0.2) is 42.5 Å². The standard InChI is InChI=1S/C13H10F2IN/c14-10-5-11(15)7-13(6-10)17-8-9-1-3-12(16)4-2-9/h1-7,17H,8H2.